The van der Waals surface area contributed by atoms with Crippen molar-refractivity contribution >= 4 is 17.3 Å². The minimum atomic E-state index is -0.0957. The van der Waals surface area contributed by atoms with Gasteiger partial charge in [-0.05, 0) is 18.2 Å². The van der Waals surface area contributed by atoms with Gasteiger partial charge in [0.1, 0.15) is 0 Å². The van der Waals surface area contributed by atoms with Crippen LogP contribution in [0.1, 0.15) is 15.9 Å². The third kappa shape index (κ3) is 1.70. The summed E-state index contributed by atoms with van der Waals surface area (Å²) in [4.78, 5) is 14.8. The molecule has 1 amide bonds. The van der Waals surface area contributed by atoms with Gasteiger partial charge in [-0.3, -0.25) is 4.79 Å². The Kier molecular flexibility index (Phi) is 2.67. The number of phenolic OH excluding ortho intramolecular Hbond substituents is 1. The number of carbonyl (C=O) groups is 1. The second-order valence-electron chi connectivity index (χ2n) is 5.45. The zero-order valence-corrected chi connectivity index (χ0v) is 12.0. The van der Waals surface area contributed by atoms with Crippen LogP contribution in [-0.2, 0) is 6.42 Å². The molecule has 2 aromatic carbocycles. The third-order valence-electron chi connectivity index (χ3n) is 4.22. The number of hydrogen-bond donors (Lipinski definition) is 2. The number of hydrogen-bond acceptors (Lipinski definition) is 4. The van der Waals surface area contributed by atoms with Gasteiger partial charge >= 0.3 is 0 Å². The second-order valence-corrected chi connectivity index (χ2v) is 5.45. The lowest BCUT2D eigenvalue weighted by Gasteiger charge is -2.22. The van der Waals surface area contributed by atoms with E-state index in [1.165, 1.54) is 7.11 Å². The largest absolute Gasteiger partial charge is 0.504 e. The summed E-state index contributed by atoms with van der Waals surface area (Å²) in [5.74, 6) is 0.216. The summed E-state index contributed by atoms with van der Waals surface area (Å²) in [6.45, 7) is 0.618. The topological polar surface area (TPSA) is 61.8 Å². The molecule has 0 aromatic heterocycles. The van der Waals surface area contributed by atoms with Crippen molar-refractivity contribution in [2.75, 3.05) is 23.9 Å². The molecule has 110 valence electrons. The predicted octanol–water partition coefficient (Wildman–Crippen LogP) is 2.00. The number of aromatic hydroxyl groups is 1. The molecule has 1 atom stereocenters. The van der Waals surface area contributed by atoms with Crippen LogP contribution in [0.3, 0.4) is 0 Å². The standard InChI is InChI=1S/C17H14N2O3/c1-22-16-7-12-13(8-15(16)20)18-9-11-6-10-4-2-3-5-14(10)19(11)17(12)21/h3,5,7-8,11,18,20H,6,9H2,1H3/t11-/m0/s1. The number of phenols is 1. The summed E-state index contributed by atoms with van der Waals surface area (Å²) >= 11 is 0. The summed E-state index contributed by atoms with van der Waals surface area (Å²) in [6.07, 6.45) is 0.752. The van der Waals surface area contributed by atoms with Crippen molar-refractivity contribution in [3.63, 3.8) is 0 Å². The van der Waals surface area contributed by atoms with Crippen LogP contribution < -0.4 is 15.0 Å². The molecule has 2 N–H and O–H groups in total. The Morgan fingerprint density at radius 1 is 1.45 bits per heavy atom. The molecule has 0 aliphatic carbocycles. The molecule has 0 fully saturated rings. The molecular formula is C17H14N2O3. The van der Waals surface area contributed by atoms with Crippen LogP contribution in [0.2, 0.25) is 0 Å². The molecule has 0 saturated carbocycles. The van der Waals surface area contributed by atoms with Crippen LogP contribution >= 0.6 is 0 Å². The van der Waals surface area contributed by atoms with E-state index in [0.29, 0.717) is 23.5 Å². The molecule has 2 heterocycles. The molecule has 0 saturated heterocycles. The fourth-order valence-corrected chi connectivity index (χ4v) is 3.17. The van der Waals surface area contributed by atoms with Crippen LogP contribution in [0.25, 0.3) is 0 Å². The van der Waals surface area contributed by atoms with E-state index in [-0.39, 0.29) is 17.7 Å². The van der Waals surface area contributed by atoms with Gasteiger partial charge in [0.2, 0.25) is 0 Å². The summed E-state index contributed by atoms with van der Waals surface area (Å²) < 4.78 is 5.12. The van der Waals surface area contributed by atoms with Crippen molar-refractivity contribution in [3.05, 3.63) is 47.5 Å². The van der Waals surface area contributed by atoms with Gasteiger partial charge in [-0.15, -0.1) is 0 Å². The Bertz CT molecular complexity index is 772. The second kappa shape index (κ2) is 4.57. The Morgan fingerprint density at radius 3 is 3.14 bits per heavy atom. The van der Waals surface area contributed by atoms with Gasteiger partial charge in [0.15, 0.2) is 11.5 Å². The van der Waals surface area contributed by atoms with E-state index in [2.05, 4.69) is 17.4 Å². The van der Waals surface area contributed by atoms with Gasteiger partial charge in [0, 0.05) is 24.6 Å². The molecule has 22 heavy (non-hydrogen) atoms. The van der Waals surface area contributed by atoms with Crippen LogP contribution in [-0.4, -0.2) is 30.7 Å². The number of nitrogens with one attached hydrogen (secondary N) is 1. The van der Waals surface area contributed by atoms with E-state index in [4.69, 9.17) is 4.74 Å². The van der Waals surface area contributed by atoms with Crippen molar-refractivity contribution in [3.8, 4) is 11.5 Å². The van der Waals surface area contributed by atoms with Gasteiger partial charge in [-0.25, -0.2) is 0 Å². The maximum Gasteiger partial charge on any atom is 0.260 e. The first-order valence-corrected chi connectivity index (χ1v) is 7.08. The summed E-state index contributed by atoms with van der Waals surface area (Å²) in [5, 5.41) is 13.2. The van der Waals surface area contributed by atoms with E-state index in [9.17, 15) is 9.90 Å². The first kappa shape index (κ1) is 12.8. The number of nitrogens with zero attached hydrogens (tertiary/aromatic N) is 1. The SMILES string of the molecule is COc1cc2c(cc1O)NC[C@@H]1Cc3c#cccc3N1C2=O. The average molecular weight is 294 g/mol. The lowest BCUT2D eigenvalue weighted by molar-refractivity contribution is 0.0983. The van der Waals surface area contributed by atoms with Crippen LogP contribution in [0.15, 0.2) is 24.3 Å². The first-order chi connectivity index (χ1) is 10.7. The molecule has 5 nitrogen and oxygen atoms in total. The van der Waals surface area contributed by atoms with Crippen molar-refractivity contribution in [2.45, 2.75) is 12.5 Å². The van der Waals surface area contributed by atoms with Crippen molar-refractivity contribution in [1.82, 2.24) is 0 Å². The lowest BCUT2D eigenvalue weighted by Crippen LogP contribution is -2.39. The number of ether oxygens (including phenoxy) is 1. The normalized spacial score (nSPS) is 18.5. The van der Waals surface area contributed by atoms with Gasteiger partial charge in [0.05, 0.1) is 30.1 Å². The molecule has 2 aliphatic heterocycles. The van der Waals surface area contributed by atoms with Gasteiger partial charge < -0.3 is 20.1 Å². The molecular weight excluding hydrogens is 280 g/mol. The number of methoxy groups -OCH3 is 1. The number of benzene rings is 1. The van der Waals surface area contributed by atoms with E-state index in [1.807, 2.05) is 6.07 Å². The Hall–Kier alpha value is -2.87. The molecule has 4 rings (SSSR count). The fraction of sp³-hybridized carbons (Fsp3) is 0.235. The molecule has 2 aliphatic rings. The first-order valence-electron chi connectivity index (χ1n) is 7.08. The number of rotatable bonds is 1. The zero-order chi connectivity index (χ0) is 15.3. The molecule has 0 radical (unpaired) electrons. The maximum atomic E-state index is 13.0. The van der Waals surface area contributed by atoms with Crippen molar-refractivity contribution in [1.29, 1.82) is 0 Å². The minimum absolute atomic E-state index is 0.0203. The predicted molar refractivity (Wildman–Crippen MR) is 81.6 cm³/mol. The minimum Gasteiger partial charge on any atom is -0.504 e. The average Bonchev–Trinajstić information content (AvgIpc) is 2.84. The zero-order valence-electron chi connectivity index (χ0n) is 12.0. The van der Waals surface area contributed by atoms with Gasteiger partial charge in [0.25, 0.3) is 5.91 Å². The highest BCUT2D eigenvalue weighted by atomic mass is 16.5. The van der Waals surface area contributed by atoms with Gasteiger partial charge in [-0.1, -0.05) is 12.1 Å². The summed E-state index contributed by atoms with van der Waals surface area (Å²) in [5.41, 5.74) is 3.02. The van der Waals surface area contributed by atoms with E-state index in [0.717, 1.165) is 17.7 Å². The molecule has 0 unspecified atom stereocenters. The molecule has 0 bridgehead atoms. The smallest absolute Gasteiger partial charge is 0.260 e. The molecule has 5 heteroatoms. The Morgan fingerprint density at radius 2 is 2.32 bits per heavy atom. The number of carbonyl (C=O) groups excluding carboxylic acids is 1. The van der Waals surface area contributed by atoms with Crippen molar-refractivity contribution in [2.24, 2.45) is 0 Å². The van der Waals surface area contributed by atoms with Crippen LogP contribution in [0.4, 0.5) is 11.4 Å². The lowest BCUT2D eigenvalue weighted by atomic mass is 10.1. The van der Waals surface area contributed by atoms with E-state index in [1.54, 1.807) is 23.1 Å². The third-order valence-corrected chi connectivity index (χ3v) is 4.22. The highest BCUT2D eigenvalue weighted by Gasteiger charge is 2.37. The van der Waals surface area contributed by atoms with Gasteiger partial charge in [-0.2, -0.15) is 0 Å². The van der Waals surface area contributed by atoms with Crippen molar-refractivity contribution < 1.29 is 14.6 Å². The maximum absolute atomic E-state index is 13.0. The van der Waals surface area contributed by atoms with E-state index >= 15 is 0 Å². The number of fused-ring (bicyclic) bond motifs is 4. The fourth-order valence-electron chi connectivity index (χ4n) is 3.17. The highest BCUT2D eigenvalue weighted by molar-refractivity contribution is 6.12. The molecule has 0 spiro atoms. The van der Waals surface area contributed by atoms with Crippen LogP contribution in [0, 0.1) is 12.1 Å². The molecule has 2 aromatic rings. The quantitative estimate of drug-likeness (QED) is 0.844. The Balaban J connectivity index is 1.85. The Labute approximate surface area is 128 Å². The van der Waals surface area contributed by atoms with Crippen LogP contribution in [0.5, 0.6) is 11.5 Å². The van der Waals surface area contributed by atoms with E-state index < -0.39 is 0 Å². The number of anilines is 2. The monoisotopic (exact) mass is 294 g/mol. The number of amides is 1. The summed E-state index contributed by atoms with van der Waals surface area (Å²) in [7, 11) is 1.47. The highest BCUT2D eigenvalue weighted by Crippen LogP contribution is 2.39. The summed E-state index contributed by atoms with van der Waals surface area (Å²) in [6, 6.07) is 12.9.